The highest BCUT2D eigenvalue weighted by molar-refractivity contribution is 6.01. The smallest absolute Gasteiger partial charge is 0.346 e. The standard InChI is InChI=1S/C13H20O6/c1-4-7-9-10(11(14)17-5-2)13(16,8-19-9)12(15)18-6-3/h16H,4-8H2,1-3H3. The van der Waals surface area contributed by atoms with E-state index in [2.05, 4.69) is 0 Å². The second-order valence-corrected chi connectivity index (χ2v) is 4.14. The molecule has 1 aliphatic rings. The number of hydrogen-bond donors (Lipinski definition) is 1. The fourth-order valence-electron chi connectivity index (χ4n) is 1.89. The van der Waals surface area contributed by atoms with E-state index < -0.39 is 17.5 Å². The Balaban J connectivity index is 3.11. The van der Waals surface area contributed by atoms with Crippen LogP contribution in [0.2, 0.25) is 0 Å². The van der Waals surface area contributed by atoms with Crippen LogP contribution in [-0.2, 0) is 23.8 Å². The summed E-state index contributed by atoms with van der Waals surface area (Å²) in [7, 11) is 0. The fraction of sp³-hybridized carbons (Fsp3) is 0.692. The van der Waals surface area contributed by atoms with Gasteiger partial charge in [-0.3, -0.25) is 0 Å². The normalized spacial score (nSPS) is 22.1. The summed E-state index contributed by atoms with van der Waals surface area (Å²) in [6.07, 6.45) is 1.17. The third-order valence-electron chi connectivity index (χ3n) is 2.72. The Morgan fingerprint density at radius 2 is 1.89 bits per heavy atom. The van der Waals surface area contributed by atoms with Crippen molar-refractivity contribution in [3.05, 3.63) is 11.3 Å². The summed E-state index contributed by atoms with van der Waals surface area (Å²) < 4.78 is 15.0. The van der Waals surface area contributed by atoms with E-state index in [-0.39, 0.29) is 25.4 Å². The Hall–Kier alpha value is -1.56. The number of hydrogen-bond acceptors (Lipinski definition) is 6. The van der Waals surface area contributed by atoms with Crippen molar-refractivity contribution in [2.45, 2.75) is 39.2 Å². The molecule has 0 spiro atoms. The maximum absolute atomic E-state index is 11.9. The van der Waals surface area contributed by atoms with E-state index in [0.29, 0.717) is 12.2 Å². The molecule has 1 N–H and O–H groups in total. The van der Waals surface area contributed by atoms with Gasteiger partial charge in [-0.15, -0.1) is 0 Å². The molecule has 0 amide bonds. The molecule has 1 heterocycles. The Morgan fingerprint density at radius 3 is 2.42 bits per heavy atom. The predicted molar refractivity (Wildman–Crippen MR) is 66.1 cm³/mol. The predicted octanol–water partition coefficient (Wildman–Crippen LogP) is 0.928. The van der Waals surface area contributed by atoms with Crippen molar-refractivity contribution >= 4 is 11.9 Å². The van der Waals surface area contributed by atoms with Crippen molar-refractivity contribution in [3.63, 3.8) is 0 Å². The van der Waals surface area contributed by atoms with Crippen LogP contribution < -0.4 is 0 Å². The van der Waals surface area contributed by atoms with Gasteiger partial charge in [0.2, 0.25) is 5.60 Å². The number of aliphatic hydroxyl groups is 1. The molecule has 1 aliphatic heterocycles. The minimum Gasteiger partial charge on any atom is -0.493 e. The molecule has 0 saturated heterocycles. The minimum absolute atomic E-state index is 0.111. The third kappa shape index (κ3) is 3.07. The molecule has 1 atom stereocenters. The number of ether oxygens (including phenoxy) is 3. The molecule has 108 valence electrons. The van der Waals surface area contributed by atoms with Crippen molar-refractivity contribution in [2.75, 3.05) is 19.8 Å². The molecule has 1 rings (SSSR count). The van der Waals surface area contributed by atoms with Crippen LogP contribution >= 0.6 is 0 Å². The molecule has 0 aromatic heterocycles. The van der Waals surface area contributed by atoms with E-state index in [1.165, 1.54) is 0 Å². The van der Waals surface area contributed by atoms with E-state index in [1.54, 1.807) is 13.8 Å². The zero-order valence-electron chi connectivity index (χ0n) is 11.5. The van der Waals surface area contributed by atoms with Gasteiger partial charge >= 0.3 is 11.9 Å². The lowest BCUT2D eigenvalue weighted by Crippen LogP contribution is -2.45. The Labute approximate surface area is 112 Å². The van der Waals surface area contributed by atoms with Crippen LogP contribution in [0.15, 0.2) is 11.3 Å². The van der Waals surface area contributed by atoms with Gasteiger partial charge in [-0.25, -0.2) is 9.59 Å². The molecule has 0 bridgehead atoms. The Morgan fingerprint density at radius 1 is 1.26 bits per heavy atom. The molecular formula is C13H20O6. The highest BCUT2D eigenvalue weighted by Crippen LogP contribution is 2.34. The fourth-order valence-corrected chi connectivity index (χ4v) is 1.89. The third-order valence-corrected chi connectivity index (χ3v) is 2.72. The van der Waals surface area contributed by atoms with Gasteiger partial charge in [0.1, 0.15) is 17.9 Å². The highest BCUT2D eigenvalue weighted by atomic mass is 16.6. The van der Waals surface area contributed by atoms with Gasteiger partial charge in [-0.1, -0.05) is 6.92 Å². The maximum atomic E-state index is 11.9. The average molecular weight is 272 g/mol. The second kappa shape index (κ2) is 6.56. The lowest BCUT2D eigenvalue weighted by Gasteiger charge is -2.20. The molecule has 6 nitrogen and oxygen atoms in total. The molecule has 0 fully saturated rings. The number of carbonyl (C=O) groups excluding carboxylic acids is 2. The summed E-state index contributed by atoms with van der Waals surface area (Å²) in [6, 6.07) is 0. The quantitative estimate of drug-likeness (QED) is 0.724. The molecule has 6 heteroatoms. The van der Waals surface area contributed by atoms with Gasteiger partial charge in [-0.05, 0) is 20.3 Å². The topological polar surface area (TPSA) is 82.1 Å². The minimum atomic E-state index is -2.06. The summed E-state index contributed by atoms with van der Waals surface area (Å²) >= 11 is 0. The zero-order chi connectivity index (χ0) is 14.5. The summed E-state index contributed by atoms with van der Waals surface area (Å²) in [4.78, 5) is 23.8. The van der Waals surface area contributed by atoms with E-state index in [4.69, 9.17) is 14.2 Å². The van der Waals surface area contributed by atoms with E-state index in [0.717, 1.165) is 6.42 Å². The largest absolute Gasteiger partial charge is 0.493 e. The first-order valence-corrected chi connectivity index (χ1v) is 6.44. The maximum Gasteiger partial charge on any atom is 0.346 e. The van der Waals surface area contributed by atoms with Crippen LogP contribution in [0.1, 0.15) is 33.6 Å². The summed E-state index contributed by atoms with van der Waals surface area (Å²) in [5, 5.41) is 10.4. The number of allylic oxidation sites excluding steroid dienone is 1. The second-order valence-electron chi connectivity index (χ2n) is 4.14. The van der Waals surface area contributed by atoms with Crippen molar-refractivity contribution in [3.8, 4) is 0 Å². The van der Waals surface area contributed by atoms with Crippen LogP contribution in [0.3, 0.4) is 0 Å². The Kier molecular flexibility index (Phi) is 5.35. The van der Waals surface area contributed by atoms with Gasteiger partial charge in [0.25, 0.3) is 0 Å². The molecule has 0 aromatic carbocycles. The number of rotatable bonds is 6. The monoisotopic (exact) mass is 272 g/mol. The molecule has 0 aromatic rings. The lowest BCUT2D eigenvalue weighted by molar-refractivity contribution is -0.165. The molecule has 0 radical (unpaired) electrons. The van der Waals surface area contributed by atoms with E-state index in [1.807, 2.05) is 6.92 Å². The molecule has 0 saturated carbocycles. The number of esters is 2. The molecular weight excluding hydrogens is 252 g/mol. The van der Waals surface area contributed by atoms with Crippen LogP contribution in [0.5, 0.6) is 0 Å². The molecule has 1 unspecified atom stereocenters. The highest BCUT2D eigenvalue weighted by Gasteiger charge is 2.52. The van der Waals surface area contributed by atoms with Crippen LogP contribution in [0.25, 0.3) is 0 Å². The van der Waals surface area contributed by atoms with Crippen molar-refractivity contribution < 1.29 is 28.9 Å². The van der Waals surface area contributed by atoms with Gasteiger partial charge in [0, 0.05) is 6.42 Å². The SMILES string of the molecule is CCCC1=C(C(=O)OCC)C(O)(C(=O)OCC)CO1. The average Bonchev–Trinajstić information content (AvgIpc) is 2.69. The van der Waals surface area contributed by atoms with Gasteiger partial charge in [-0.2, -0.15) is 0 Å². The molecule has 0 aliphatic carbocycles. The van der Waals surface area contributed by atoms with Crippen molar-refractivity contribution in [2.24, 2.45) is 0 Å². The molecule has 19 heavy (non-hydrogen) atoms. The summed E-state index contributed by atoms with van der Waals surface area (Å²) in [6.45, 7) is 5.13. The lowest BCUT2D eigenvalue weighted by atomic mass is 9.94. The van der Waals surface area contributed by atoms with E-state index in [9.17, 15) is 14.7 Å². The number of carbonyl (C=O) groups is 2. The first kappa shape index (κ1) is 15.5. The first-order chi connectivity index (χ1) is 9.01. The summed E-state index contributed by atoms with van der Waals surface area (Å²) in [5.74, 6) is -1.32. The zero-order valence-corrected chi connectivity index (χ0v) is 11.5. The Bertz CT molecular complexity index is 387. The first-order valence-electron chi connectivity index (χ1n) is 6.44. The van der Waals surface area contributed by atoms with Gasteiger partial charge < -0.3 is 19.3 Å². The van der Waals surface area contributed by atoms with Crippen molar-refractivity contribution in [1.29, 1.82) is 0 Å². The van der Waals surface area contributed by atoms with Gasteiger partial charge in [0.15, 0.2) is 0 Å². The van der Waals surface area contributed by atoms with Crippen LogP contribution in [0.4, 0.5) is 0 Å². The van der Waals surface area contributed by atoms with Crippen molar-refractivity contribution in [1.82, 2.24) is 0 Å². The van der Waals surface area contributed by atoms with Gasteiger partial charge in [0.05, 0.1) is 13.2 Å². The van der Waals surface area contributed by atoms with E-state index >= 15 is 0 Å². The van der Waals surface area contributed by atoms with Crippen LogP contribution in [0, 0.1) is 0 Å². The summed E-state index contributed by atoms with van der Waals surface area (Å²) in [5.41, 5.74) is -2.19. The van der Waals surface area contributed by atoms with Crippen LogP contribution in [-0.4, -0.2) is 42.5 Å².